The summed E-state index contributed by atoms with van der Waals surface area (Å²) in [6.07, 6.45) is 1.96. The van der Waals surface area contributed by atoms with E-state index in [0.29, 0.717) is 19.8 Å². The van der Waals surface area contributed by atoms with Crippen LogP contribution in [0.5, 0.6) is 0 Å². The van der Waals surface area contributed by atoms with Gasteiger partial charge in [-0.15, -0.1) is 0 Å². The van der Waals surface area contributed by atoms with E-state index in [1.54, 1.807) is 0 Å². The van der Waals surface area contributed by atoms with Crippen LogP contribution in [-0.4, -0.2) is 42.0 Å². The zero-order chi connectivity index (χ0) is 12.9. The Bertz CT molecular complexity index is 204. The molecule has 0 saturated carbocycles. The van der Waals surface area contributed by atoms with E-state index in [2.05, 4.69) is 6.58 Å². The largest absolute Gasteiger partial charge is 0.463 e. The molecule has 0 aliphatic carbocycles. The van der Waals surface area contributed by atoms with Gasteiger partial charge in [0.05, 0.1) is 6.61 Å². The highest BCUT2D eigenvalue weighted by atomic mass is 28.2. The highest BCUT2D eigenvalue weighted by Gasteiger charge is 2.07. The first-order valence-electron chi connectivity index (χ1n) is 5.88. The summed E-state index contributed by atoms with van der Waals surface area (Å²) in [7, 11) is -0.695. The first kappa shape index (κ1) is 16.3. The van der Waals surface area contributed by atoms with Gasteiger partial charge in [0.15, 0.2) is 9.76 Å². The Kier molecular flexibility index (Phi) is 11.3. The minimum absolute atomic E-state index is 0.380. The quantitative estimate of drug-likeness (QED) is 0.183. The maximum absolute atomic E-state index is 10.7. The zero-order valence-corrected chi connectivity index (χ0v) is 12.1. The van der Waals surface area contributed by atoms with E-state index in [-0.39, 0.29) is 5.97 Å². The van der Waals surface area contributed by atoms with Crippen LogP contribution in [0, 0.1) is 0 Å². The van der Waals surface area contributed by atoms with Gasteiger partial charge in [0.2, 0.25) is 0 Å². The van der Waals surface area contributed by atoms with E-state index < -0.39 is 16.2 Å². The molecule has 0 unspecified atom stereocenters. The molecule has 0 spiro atoms. The van der Waals surface area contributed by atoms with Crippen molar-refractivity contribution in [1.29, 1.82) is 0 Å². The Labute approximate surface area is 105 Å². The summed E-state index contributed by atoms with van der Waals surface area (Å²) in [5.74, 6) is -0.380. The highest BCUT2D eigenvalue weighted by Crippen LogP contribution is 1.99. The fraction of sp³-hybridized carbons (Fsp3) is 0.727. The number of ether oxygens (including phenoxy) is 3. The molecule has 5 nitrogen and oxygen atoms in total. The molecule has 17 heavy (non-hydrogen) atoms. The molecule has 0 fully saturated rings. The second-order valence-corrected chi connectivity index (χ2v) is 4.60. The Hall–Kier alpha value is -0.693. The lowest BCUT2D eigenvalue weighted by Gasteiger charge is -2.17. The molecule has 0 aliphatic rings. The average molecular weight is 262 g/mol. The minimum atomic E-state index is -0.695. The van der Waals surface area contributed by atoms with E-state index in [9.17, 15) is 4.79 Å². The van der Waals surface area contributed by atoms with Crippen LogP contribution in [0.2, 0.25) is 6.04 Å². The van der Waals surface area contributed by atoms with Gasteiger partial charge in [0, 0.05) is 19.3 Å². The average Bonchev–Trinajstić information content (AvgIpc) is 2.33. The second-order valence-electron chi connectivity index (χ2n) is 3.15. The van der Waals surface area contributed by atoms with Crippen LogP contribution in [0.15, 0.2) is 12.7 Å². The molecular weight excluding hydrogens is 240 g/mol. The highest BCUT2D eigenvalue weighted by molar-refractivity contribution is 6.27. The molecule has 0 radical (unpaired) electrons. The van der Waals surface area contributed by atoms with E-state index in [0.717, 1.165) is 18.5 Å². The third-order valence-electron chi connectivity index (χ3n) is 1.81. The van der Waals surface area contributed by atoms with Gasteiger partial charge in [-0.2, -0.15) is 0 Å². The first-order valence-corrected chi connectivity index (χ1v) is 7.46. The molecule has 0 N–H and O–H groups in total. The van der Waals surface area contributed by atoms with Crippen LogP contribution in [0.3, 0.4) is 0 Å². The lowest BCUT2D eigenvalue weighted by molar-refractivity contribution is -0.243. The van der Waals surface area contributed by atoms with Gasteiger partial charge in [0.25, 0.3) is 6.48 Å². The van der Waals surface area contributed by atoms with Gasteiger partial charge in [-0.25, -0.2) is 4.79 Å². The number of hydrogen-bond acceptors (Lipinski definition) is 5. The maximum Gasteiger partial charge on any atom is 0.330 e. The summed E-state index contributed by atoms with van der Waals surface area (Å²) in [5, 5.41) is 0. The molecule has 100 valence electrons. The Morgan fingerprint density at radius 2 is 2.00 bits per heavy atom. The van der Waals surface area contributed by atoms with Gasteiger partial charge < -0.3 is 18.6 Å². The molecular formula is C11H22O5Si. The van der Waals surface area contributed by atoms with Gasteiger partial charge in [0.1, 0.15) is 0 Å². The van der Waals surface area contributed by atoms with E-state index in [4.69, 9.17) is 18.6 Å². The second kappa shape index (κ2) is 11.8. The molecule has 0 heterocycles. The monoisotopic (exact) mass is 262 g/mol. The van der Waals surface area contributed by atoms with Crippen molar-refractivity contribution in [1.82, 2.24) is 0 Å². The molecule has 0 aliphatic heterocycles. The van der Waals surface area contributed by atoms with Crippen molar-refractivity contribution < 1.29 is 23.4 Å². The van der Waals surface area contributed by atoms with Crippen molar-refractivity contribution in [3.8, 4) is 0 Å². The van der Waals surface area contributed by atoms with Crippen LogP contribution in [0.4, 0.5) is 0 Å². The molecule has 0 atom stereocenters. The Morgan fingerprint density at radius 3 is 2.53 bits per heavy atom. The molecule has 0 aromatic heterocycles. The number of esters is 1. The van der Waals surface area contributed by atoms with Crippen LogP contribution in [-0.2, 0) is 23.4 Å². The van der Waals surface area contributed by atoms with Gasteiger partial charge in [-0.3, -0.25) is 0 Å². The SMILES string of the molecule is C=CC(=O)OCCC[SiH2]OC(OCC)OCC. The van der Waals surface area contributed by atoms with Gasteiger partial charge in [-0.1, -0.05) is 6.58 Å². The number of hydrogen-bond donors (Lipinski definition) is 0. The summed E-state index contributed by atoms with van der Waals surface area (Å²) >= 11 is 0. The van der Waals surface area contributed by atoms with Gasteiger partial charge >= 0.3 is 5.97 Å². The van der Waals surface area contributed by atoms with Crippen LogP contribution in [0.25, 0.3) is 0 Å². The summed E-state index contributed by atoms with van der Waals surface area (Å²) < 4.78 is 20.8. The fourth-order valence-electron chi connectivity index (χ4n) is 1.03. The van der Waals surface area contributed by atoms with E-state index in [1.165, 1.54) is 0 Å². The van der Waals surface area contributed by atoms with Crippen LogP contribution < -0.4 is 0 Å². The smallest absolute Gasteiger partial charge is 0.330 e. The van der Waals surface area contributed by atoms with E-state index in [1.807, 2.05) is 13.8 Å². The van der Waals surface area contributed by atoms with Crippen molar-refractivity contribution in [2.45, 2.75) is 32.8 Å². The Morgan fingerprint density at radius 1 is 1.35 bits per heavy atom. The number of carbonyl (C=O) groups is 1. The van der Waals surface area contributed by atoms with E-state index >= 15 is 0 Å². The molecule has 0 saturated heterocycles. The van der Waals surface area contributed by atoms with Crippen LogP contribution in [0.1, 0.15) is 20.3 Å². The standard InChI is InChI=1S/C11H22O5Si/c1-4-10(12)15-8-7-9-17-16-11(13-5-2)14-6-3/h4,11H,1,5-9,17H2,2-3H3. The van der Waals surface area contributed by atoms with Crippen LogP contribution >= 0.6 is 0 Å². The molecule has 0 aromatic rings. The summed E-state index contributed by atoms with van der Waals surface area (Å²) in [5.41, 5.74) is 0. The molecule has 0 rings (SSSR count). The summed E-state index contributed by atoms with van der Waals surface area (Å²) in [4.78, 5) is 10.7. The molecule has 0 amide bonds. The van der Waals surface area contributed by atoms with Crippen molar-refractivity contribution >= 4 is 15.7 Å². The lowest BCUT2D eigenvalue weighted by Crippen LogP contribution is -2.23. The van der Waals surface area contributed by atoms with Crippen molar-refractivity contribution in [2.24, 2.45) is 0 Å². The predicted molar refractivity (Wildman–Crippen MR) is 67.2 cm³/mol. The number of carbonyl (C=O) groups excluding carboxylic acids is 1. The summed E-state index contributed by atoms with van der Waals surface area (Å²) in [6, 6.07) is 0.918. The first-order chi connectivity index (χ1) is 8.24. The van der Waals surface area contributed by atoms with Crippen molar-refractivity contribution in [3.63, 3.8) is 0 Å². The minimum Gasteiger partial charge on any atom is -0.463 e. The van der Waals surface area contributed by atoms with Crippen molar-refractivity contribution in [2.75, 3.05) is 19.8 Å². The fourth-order valence-corrected chi connectivity index (χ4v) is 1.99. The third kappa shape index (κ3) is 10.2. The summed E-state index contributed by atoms with van der Waals surface area (Å²) in [6.45, 7) is 8.11. The number of rotatable bonds is 11. The Balaban J connectivity index is 3.41. The predicted octanol–water partition coefficient (Wildman–Crippen LogP) is 0.981. The van der Waals surface area contributed by atoms with Gasteiger partial charge in [-0.05, 0) is 26.3 Å². The lowest BCUT2D eigenvalue weighted by atomic mass is 10.5. The van der Waals surface area contributed by atoms with Crippen molar-refractivity contribution in [3.05, 3.63) is 12.7 Å². The topological polar surface area (TPSA) is 54.0 Å². The molecule has 0 aromatic carbocycles. The normalized spacial score (nSPS) is 11.2. The third-order valence-corrected chi connectivity index (χ3v) is 3.11. The maximum atomic E-state index is 10.7. The molecule has 6 heteroatoms. The zero-order valence-electron chi connectivity index (χ0n) is 10.6. The molecule has 0 bridgehead atoms.